The van der Waals surface area contributed by atoms with E-state index in [0.29, 0.717) is 0 Å². The van der Waals surface area contributed by atoms with Gasteiger partial charge in [0.05, 0.1) is 30.0 Å². The Labute approximate surface area is 142 Å². The minimum atomic E-state index is -1.13. The van der Waals surface area contributed by atoms with Crippen LogP contribution in [0.25, 0.3) is 0 Å². The minimum Gasteiger partial charge on any atom is -0.494 e. The topological polar surface area (TPSA) is 134 Å². The van der Waals surface area contributed by atoms with Crippen LogP contribution in [-0.4, -0.2) is 40.0 Å². The molecule has 0 aliphatic rings. The number of amides is 1. The number of benzene rings is 1. The van der Waals surface area contributed by atoms with Crippen molar-refractivity contribution in [2.24, 2.45) is 0 Å². The predicted molar refractivity (Wildman–Crippen MR) is 85.2 cm³/mol. The smallest absolute Gasteiger partial charge is 0.359 e. The summed E-state index contributed by atoms with van der Waals surface area (Å²) in [4.78, 5) is 41.7. The lowest BCUT2D eigenvalue weighted by molar-refractivity contribution is -0.384. The van der Waals surface area contributed by atoms with E-state index in [0.717, 1.165) is 0 Å². The normalized spacial score (nSPS) is 11.3. The highest BCUT2D eigenvalue weighted by atomic mass is 16.6. The van der Waals surface area contributed by atoms with E-state index in [4.69, 9.17) is 9.47 Å². The maximum atomic E-state index is 12.2. The average Bonchev–Trinajstić information content (AvgIpc) is 2.62. The molecule has 2 aromatic rings. The van der Waals surface area contributed by atoms with Crippen molar-refractivity contribution in [3.05, 3.63) is 52.6 Å². The van der Waals surface area contributed by atoms with Gasteiger partial charge >= 0.3 is 5.97 Å². The third-order valence-electron chi connectivity index (χ3n) is 3.08. The van der Waals surface area contributed by atoms with Crippen LogP contribution in [0.2, 0.25) is 0 Å². The molecule has 0 fully saturated rings. The van der Waals surface area contributed by atoms with Gasteiger partial charge in [0.2, 0.25) is 0 Å². The van der Waals surface area contributed by atoms with Crippen molar-refractivity contribution < 1.29 is 24.0 Å². The number of carbonyl (C=O) groups excluding carboxylic acids is 2. The number of ether oxygens (including phenoxy) is 2. The fraction of sp³-hybridized carbons (Fsp3) is 0.200. The van der Waals surface area contributed by atoms with Crippen LogP contribution >= 0.6 is 0 Å². The Balaban J connectivity index is 2.06. The lowest BCUT2D eigenvalue weighted by Gasteiger charge is -2.14. The van der Waals surface area contributed by atoms with E-state index in [1.54, 1.807) is 0 Å². The number of esters is 1. The molecule has 1 aromatic heterocycles. The first-order valence-electron chi connectivity index (χ1n) is 7.02. The van der Waals surface area contributed by atoms with Gasteiger partial charge in [-0.15, -0.1) is 0 Å². The molecule has 0 saturated heterocycles. The van der Waals surface area contributed by atoms with Gasteiger partial charge in [0, 0.05) is 18.5 Å². The van der Waals surface area contributed by atoms with Crippen molar-refractivity contribution in [2.45, 2.75) is 13.0 Å². The van der Waals surface area contributed by atoms with Gasteiger partial charge in [0.1, 0.15) is 5.75 Å². The SMILES string of the molecule is COc1cc([N+](=O)[O-])ccc1NC(=O)[C@@H](C)OC(=O)c1cnccn1. The van der Waals surface area contributed by atoms with E-state index in [-0.39, 0.29) is 22.8 Å². The molecule has 25 heavy (non-hydrogen) atoms. The van der Waals surface area contributed by atoms with Crippen LogP contribution in [0.15, 0.2) is 36.8 Å². The van der Waals surface area contributed by atoms with Crippen LogP contribution in [0, 0.1) is 10.1 Å². The molecule has 0 bridgehead atoms. The highest BCUT2D eigenvalue weighted by molar-refractivity contribution is 5.97. The van der Waals surface area contributed by atoms with Crippen LogP contribution in [0.3, 0.4) is 0 Å². The van der Waals surface area contributed by atoms with Gasteiger partial charge in [-0.3, -0.25) is 19.9 Å². The molecule has 1 aromatic carbocycles. The highest BCUT2D eigenvalue weighted by Crippen LogP contribution is 2.29. The molecule has 1 amide bonds. The zero-order valence-electron chi connectivity index (χ0n) is 13.3. The summed E-state index contributed by atoms with van der Waals surface area (Å²) in [6, 6.07) is 3.71. The second-order valence-corrected chi connectivity index (χ2v) is 4.77. The fourth-order valence-corrected chi connectivity index (χ4v) is 1.81. The molecule has 1 N–H and O–H groups in total. The summed E-state index contributed by atoms with van der Waals surface area (Å²) in [5.41, 5.74) is -0.00690. The Hall–Kier alpha value is -3.56. The molecule has 10 heteroatoms. The minimum absolute atomic E-state index is 0.0323. The first-order chi connectivity index (χ1) is 11.9. The van der Waals surface area contributed by atoms with Gasteiger partial charge in [-0.25, -0.2) is 9.78 Å². The molecule has 0 saturated carbocycles. The summed E-state index contributed by atoms with van der Waals surface area (Å²) in [5, 5.41) is 13.2. The molecule has 1 atom stereocenters. The number of rotatable bonds is 6. The van der Waals surface area contributed by atoms with Crippen molar-refractivity contribution in [3.8, 4) is 5.75 Å². The molecule has 0 aliphatic carbocycles. The fourth-order valence-electron chi connectivity index (χ4n) is 1.81. The predicted octanol–water partition coefficient (Wildman–Crippen LogP) is 1.58. The Morgan fingerprint density at radius 2 is 2.08 bits per heavy atom. The van der Waals surface area contributed by atoms with Gasteiger partial charge in [-0.05, 0) is 13.0 Å². The number of hydrogen-bond donors (Lipinski definition) is 1. The number of nitrogens with one attached hydrogen (secondary N) is 1. The third-order valence-corrected chi connectivity index (χ3v) is 3.08. The van der Waals surface area contributed by atoms with Crippen molar-refractivity contribution in [3.63, 3.8) is 0 Å². The van der Waals surface area contributed by atoms with E-state index >= 15 is 0 Å². The lowest BCUT2D eigenvalue weighted by atomic mass is 10.2. The Morgan fingerprint density at radius 3 is 2.68 bits per heavy atom. The summed E-state index contributed by atoms with van der Waals surface area (Å²) in [6.07, 6.45) is 2.80. The van der Waals surface area contributed by atoms with Gasteiger partial charge in [0.15, 0.2) is 11.8 Å². The molecule has 0 radical (unpaired) electrons. The monoisotopic (exact) mass is 346 g/mol. The van der Waals surface area contributed by atoms with Crippen LogP contribution in [0.5, 0.6) is 5.75 Å². The average molecular weight is 346 g/mol. The Bertz CT molecular complexity index is 796. The van der Waals surface area contributed by atoms with Crippen LogP contribution in [-0.2, 0) is 9.53 Å². The number of non-ortho nitro benzene ring substituents is 1. The molecule has 10 nitrogen and oxygen atoms in total. The molecule has 0 spiro atoms. The second kappa shape index (κ2) is 7.81. The molecular weight excluding hydrogens is 332 g/mol. The van der Waals surface area contributed by atoms with E-state index in [2.05, 4.69) is 15.3 Å². The third kappa shape index (κ3) is 4.47. The molecule has 1 heterocycles. The summed E-state index contributed by atoms with van der Waals surface area (Å²) < 4.78 is 10.0. The number of methoxy groups -OCH3 is 1. The number of nitrogens with zero attached hydrogens (tertiary/aromatic N) is 3. The number of aromatic nitrogens is 2. The highest BCUT2D eigenvalue weighted by Gasteiger charge is 2.21. The summed E-state index contributed by atoms with van der Waals surface area (Å²) in [6.45, 7) is 1.38. The largest absolute Gasteiger partial charge is 0.494 e. The second-order valence-electron chi connectivity index (χ2n) is 4.77. The van der Waals surface area contributed by atoms with Crippen LogP contribution in [0.1, 0.15) is 17.4 Å². The molecule has 0 aliphatic heterocycles. The van der Waals surface area contributed by atoms with Crippen molar-refractivity contribution in [1.29, 1.82) is 0 Å². The zero-order valence-corrected chi connectivity index (χ0v) is 13.3. The van der Waals surface area contributed by atoms with E-state index in [9.17, 15) is 19.7 Å². The van der Waals surface area contributed by atoms with Crippen LogP contribution < -0.4 is 10.1 Å². The van der Waals surface area contributed by atoms with Gasteiger partial charge in [0.25, 0.3) is 11.6 Å². The Morgan fingerprint density at radius 1 is 1.32 bits per heavy atom. The molecule has 130 valence electrons. The zero-order chi connectivity index (χ0) is 18.4. The van der Waals surface area contributed by atoms with E-state index < -0.39 is 22.9 Å². The first kappa shape index (κ1) is 17.8. The molecule has 0 unspecified atom stereocenters. The number of hydrogen-bond acceptors (Lipinski definition) is 8. The number of anilines is 1. The van der Waals surface area contributed by atoms with Crippen molar-refractivity contribution in [2.75, 3.05) is 12.4 Å². The number of carbonyl (C=O) groups is 2. The lowest BCUT2D eigenvalue weighted by Crippen LogP contribution is -2.30. The maximum absolute atomic E-state index is 12.2. The summed E-state index contributed by atoms with van der Waals surface area (Å²) in [7, 11) is 1.31. The summed E-state index contributed by atoms with van der Waals surface area (Å²) in [5.74, 6) is -1.33. The van der Waals surface area contributed by atoms with Crippen molar-refractivity contribution >= 4 is 23.3 Å². The molecule has 2 rings (SSSR count). The molecular formula is C15H14N4O6. The Kier molecular flexibility index (Phi) is 5.56. The van der Waals surface area contributed by atoms with Gasteiger partial charge < -0.3 is 14.8 Å². The van der Waals surface area contributed by atoms with Gasteiger partial charge in [-0.1, -0.05) is 0 Å². The van der Waals surface area contributed by atoms with Gasteiger partial charge in [-0.2, -0.15) is 0 Å². The van der Waals surface area contributed by atoms with E-state index in [1.165, 1.54) is 50.8 Å². The number of nitro groups is 1. The quantitative estimate of drug-likeness (QED) is 0.473. The van der Waals surface area contributed by atoms with Crippen molar-refractivity contribution in [1.82, 2.24) is 9.97 Å². The standard InChI is InChI=1S/C15H14N4O6/c1-9(25-15(21)12-8-16-5-6-17-12)14(20)18-11-4-3-10(19(22)23)7-13(11)24-2/h3-9H,1-2H3,(H,18,20)/t9-/m1/s1. The maximum Gasteiger partial charge on any atom is 0.359 e. The summed E-state index contributed by atoms with van der Waals surface area (Å²) >= 11 is 0. The van der Waals surface area contributed by atoms with E-state index in [1.807, 2.05) is 0 Å². The van der Waals surface area contributed by atoms with Crippen LogP contribution in [0.4, 0.5) is 11.4 Å². The number of nitro benzene ring substituents is 1. The first-order valence-corrected chi connectivity index (χ1v) is 7.02.